The van der Waals surface area contributed by atoms with Gasteiger partial charge in [-0.2, -0.15) is 0 Å². The van der Waals surface area contributed by atoms with Crippen LogP contribution in [-0.4, -0.2) is 10.5 Å². The van der Waals surface area contributed by atoms with Gasteiger partial charge in [0.05, 0.1) is 29.9 Å². The number of esters is 1. The molecule has 0 amide bonds. The van der Waals surface area contributed by atoms with Crippen molar-refractivity contribution in [2.45, 2.75) is 19.6 Å². The van der Waals surface area contributed by atoms with E-state index in [2.05, 4.69) is 35.6 Å². The Morgan fingerprint density at radius 1 is 1.08 bits per heavy atom. The first-order valence-corrected chi connectivity index (χ1v) is 8.64. The van der Waals surface area contributed by atoms with E-state index in [1.807, 2.05) is 12.1 Å². The molecule has 0 radical (unpaired) electrons. The van der Waals surface area contributed by atoms with Crippen molar-refractivity contribution in [2.75, 3.05) is 5.32 Å². The maximum absolute atomic E-state index is 13.0. The lowest BCUT2D eigenvalue weighted by molar-refractivity contribution is -0.145. The van der Waals surface area contributed by atoms with Crippen molar-refractivity contribution in [1.82, 2.24) is 4.57 Å². The number of nitrogens with one attached hydrogen (secondary N) is 1. The Morgan fingerprint density at radius 2 is 1.92 bits per heavy atom. The number of fused-ring (bicyclic) bond motifs is 4. The van der Waals surface area contributed by atoms with E-state index in [1.165, 1.54) is 16.3 Å². The predicted molar refractivity (Wildman–Crippen MR) is 98.6 cm³/mol. The van der Waals surface area contributed by atoms with Crippen molar-refractivity contribution in [1.29, 1.82) is 0 Å². The van der Waals surface area contributed by atoms with E-state index >= 15 is 0 Å². The van der Waals surface area contributed by atoms with Crippen LogP contribution in [0.4, 0.5) is 5.69 Å². The second-order valence-corrected chi connectivity index (χ2v) is 6.95. The first kappa shape index (κ1) is 13.9. The van der Waals surface area contributed by atoms with Crippen LogP contribution >= 0.6 is 0 Å². The van der Waals surface area contributed by atoms with Crippen molar-refractivity contribution in [2.24, 2.45) is 0 Å². The van der Waals surface area contributed by atoms with Crippen LogP contribution in [0.2, 0.25) is 0 Å². The normalized spacial score (nSPS) is 16.7. The number of hydrogen-bond donors (Lipinski definition) is 1. The summed E-state index contributed by atoms with van der Waals surface area (Å²) in [6, 6.07) is 14.4. The number of nitrogens with zero attached hydrogens (tertiary/aromatic N) is 1. The lowest BCUT2D eigenvalue weighted by Gasteiger charge is -2.21. The lowest BCUT2D eigenvalue weighted by Crippen LogP contribution is -2.30. The van der Waals surface area contributed by atoms with Gasteiger partial charge in [-0.15, -0.1) is 0 Å². The van der Waals surface area contributed by atoms with Gasteiger partial charge in [-0.1, -0.05) is 30.3 Å². The SMILES string of the molecule is O=C1Cc2cc3n(c(=O)c2CO1)CC1=C3Nc2cccc3cccc1c23. The fraction of sp³-hybridized carbons (Fsp3) is 0.143. The Bertz CT molecular complexity index is 1240. The van der Waals surface area contributed by atoms with Gasteiger partial charge >= 0.3 is 5.97 Å². The molecule has 0 spiro atoms. The minimum Gasteiger partial charge on any atom is -0.460 e. The topological polar surface area (TPSA) is 60.3 Å². The van der Waals surface area contributed by atoms with Gasteiger partial charge in [0.2, 0.25) is 0 Å². The van der Waals surface area contributed by atoms with Crippen molar-refractivity contribution >= 4 is 33.7 Å². The average molecular weight is 342 g/mol. The third-order valence-corrected chi connectivity index (χ3v) is 5.57. The number of hydrogen-bond acceptors (Lipinski definition) is 4. The summed E-state index contributed by atoms with van der Waals surface area (Å²) in [5, 5.41) is 5.90. The molecule has 4 heterocycles. The number of aromatic nitrogens is 1. The number of pyridine rings is 1. The molecule has 126 valence electrons. The van der Waals surface area contributed by atoms with Gasteiger partial charge < -0.3 is 14.6 Å². The molecular weight excluding hydrogens is 328 g/mol. The molecule has 0 unspecified atom stereocenters. The number of cyclic esters (lactones) is 1. The zero-order chi connectivity index (χ0) is 17.4. The Morgan fingerprint density at radius 3 is 2.81 bits per heavy atom. The molecule has 0 fully saturated rings. The molecule has 2 aromatic carbocycles. The predicted octanol–water partition coefficient (Wildman–Crippen LogP) is 2.91. The minimum absolute atomic E-state index is 0.0579. The largest absolute Gasteiger partial charge is 0.460 e. The Labute approximate surface area is 148 Å². The quantitative estimate of drug-likeness (QED) is 0.638. The van der Waals surface area contributed by atoms with Gasteiger partial charge in [0.25, 0.3) is 5.56 Å². The van der Waals surface area contributed by atoms with Crippen molar-refractivity contribution < 1.29 is 9.53 Å². The fourth-order valence-electron chi connectivity index (χ4n) is 4.36. The smallest absolute Gasteiger partial charge is 0.310 e. The van der Waals surface area contributed by atoms with Crippen LogP contribution in [-0.2, 0) is 29.1 Å². The molecule has 1 N–H and O–H groups in total. The monoisotopic (exact) mass is 342 g/mol. The van der Waals surface area contributed by atoms with Gasteiger partial charge in [-0.05, 0) is 28.6 Å². The summed E-state index contributed by atoms with van der Waals surface area (Å²) in [5.41, 5.74) is 6.49. The Hall–Kier alpha value is -3.34. The van der Waals surface area contributed by atoms with Crippen LogP contribution in [0, 0.1) is 0 Å². The van der Waals surface area contributed by atoms with Crippen molar-refractivity contribution in [3.63, 3.8) is 0 Å². The molecule has 0 saturated heterocycles. The molecule has 5 heteroatoms. The Kier molecular flexibility index (Phi) is 2.48. The van der Waals surface area contributed by atoms with E-state index in [1.54, 1.807) is 4.57 Å². The molecule has 0 atom stereocenters. The maximum atomic E-state index is 13.0. The minimum atomic E-state index is -0.277. The highest BCUT2D eigenvalue weighted by Gasteiger charge is 2.32. The van der Waals surface area contributed by atoms with E-state index < -0.39 is 0 Å². The highest BCUT2D eigenvalue weighted by Crippen LogP contribution is 2.44. The van der Waals surface area contributed by atoms with Gasteiger partial charge in [-0.3, -0.25) is 9.59 Å². The zero-order valence-corrected chi connectivity index (χ0v) is 13.8. The molecule has 1 aromatic heterocycles. The molecule has 3 aliphatic heterocycles. The summed E-state index contributed by atoms with van der Waals surface area (Å²) in [4.78, 5) is 24.6. The number of carbonyl (C=O) groups excluding carboxylic acids is 1. The first-order valence-electron chi connectivity index (χ1n) is 8.64. The second-order valence-electron chi connectivity index (χ2n) is 6.95. The number of benzene rings is 2. The summed E-state index contributed by atoms with van der Waals surface area (Å²) < 4.78 is 6.87. The summed E-state index contributed by atoms with van der Waals surface area (Å²) >= 11 is 0. The lowest BCUT2D eigenvalue weighted by atomic mass is 9.93. The summed E-state index contributed by atoms with van der Waals surface area (Å²) in [6.07, 6.45) is 0.160. The number of anilines is 1. The molecule has 3 aliphatic rings. The number of carbonyl (C=O) groups is 1. The van der Waals surface area contributed by atoms with Crippen LogP contribution < -0.4 is 10.9 Å². The van der Waals surface area contributed by atoms with Crippen molar-refractivity contribution in [3.05, 3.63) is 75.2 Å². The van der Waals surface area contributed by atoms with E-state index in [-0.39, 0.29) is 24.6 Å². The molecule has 0 saturated carbocycles. The molecule has 0 aliphatic carbocycles. The van der Waals surface area contributed by atoms with E-state index in [0.717, 1.165) is 28.2 Å². The van der Waals surface area contributed by atoms with Crippen molar-refractivity contribution in [3.8, 4) is 0 Å². The Balaban J connectivity index is 1.62. The van der Waals surface area contributed by atoms with E-state index in [0.29, 0.717) is 12.1 Å². The second kappa shape index (κ2) is 4.64. The van der Waals surface area contributed by atoms with Crippen LogP contribution in [0.25, 0.3) is 22.0 Å². The average Bonchev–Trinajstić information content (AvgIpc) is 3.01. The zero-order valence-electron chi connectivity index (χ0n) is 13.8. The fourth-order valence-corrected chi connectivity index (χ4v) is 4.36. The highest BCUT2D eigenvalue weighted by atomic mass is 16.5. The number of rotatable bonds is 0. The van der Waals surface area contributed by atoms with Crippen LogP contribution in [0.3, 0.4) is 0 Å². The molecule has 6 rings (SSSR count). The maximum Gasteiger partial charge on any atom is 0.310 e. The van der Waals surface area contributed by atoms with Crippen LogP contribution in [0.5, 0.6) is 0 Å². The number of allylic oxidation sites excluding steroid dienone is 1. The highest BCUT2D eigenvalue weighted by molar-refractivity contribution is 6.14. The van der Waals surface area contributed by atoms with Gasteiger partial charge in [0.15, 0.2) is 0 Å². The van der Waals surface area contributed by atoms with Crippen LogP contribution in [0.15, 0.2) is 47.3 Å². The summed E-state index contributed by atoms with van der Waals surface area (Å²) in [7, 11) is 0. The standard InChI is InChI=1S/C21H14N2O3/c24-18-8-12-7-17-20-14(9-23(17)21(25)15(12)10-26-18)13-5-1-3-11-4-2-6-16(22-20)19(11)13/h1-7,22H,8-10H2. The molecule has 5 nitrogen and oxygen atoms in total. The van der Waals surface area contributed by atoms with Gasteiger partial charge in [0, 0.05) is 16.6 Å². The number of ether oxygens (including phenoxy) is 1. The third kappa shape index (κ3) is 1.65. The third-order valence-electron chi connectivity index (χ3n) is 5.57. The molecular formula is C21H14N2O3. The molecule has 0 bridgehead atoms. The summed E-state index contributed by atoms with van der Waals surface area (Å²) in [6.45, 7) is 0.604. The van der Waals surface area contributed by atoms with E-state index in [4.69, 9.17) is 4.74 Å². The van der Waals surface area contributed by atoms with Crippen LogP contribution in [0.1, 0.15) is 22.4 Å². The van der Waals surface area contributed by atoms with E-state index in [9.17, 15) is 9.59 Å². The molecule has 3 aromatic rings. The van der Waals surface area contributed by atoms with Gasteiger partial charge in [-0.25, -0.2) is 0 Å². The summed E-state index contributed by atoms with van der Waals surface area (Å²) in [5.74, 6) is -0.277. The first-order chi connectivity index (χ1) is 12.7. The molecule has 26 heavy (non-hydrogen) atoms. The van der Waals surface area contributed by atoms with Gasteiger partial charge in [0.1, 0.15) is 6.61 Å².